The molecular weight excluding hydrogens is 275 g/mol. The molecule has 1 aromatic rings. The molecule has 3 heteroatoms. The molecule has 0 aliphatic heterocycles. The first kappa shape index (κ1) is 14.2. The normalized spacial score (nSPS) is 28.8. The highest BCUT2D eigenvalue weighted by Gasteiger charge is 2.55. The highest BCUT2D eigenvalue weighted by Crippen LogP contribution is 2.55. The number of halogens is 2. The van der Waals surface area contributed by atoms with Gasteiger partial charge in [-0.05, 0) is 43.5 Å². The number of ether oxygens (including phenoxy) is 1. The lowest BCUT2D eigenvalue weighted by molar-refractivity contribution is -0.0516. The fraction of sp³-hybridized carbons (Fsp3) is 0.647. The van der Waals surface area contributed by atoms with Gasteiger partial charge in [0.1, 0.15) is 17.7 Å². The summed E-state index contributed by atoms with van der Waals surface area (Å²) < 4.78 is 19.4. The van der Waals surface area contributed by atoms with Crippen LogP contribution in [0, 0.1) is 18.2 Å². The molecule has 2 fully saturated rings. The lowest BCUT2D eigenvalue weighted by Gasteiger charge is -2.53. The Morgan fingerprint density at radius 1 is 1.20 bits per heavy atom. The third-order valence-electron chi connectivity index (χ3n) is 5.13. The molecule has 0 radical (unpaired) electrons. The molecule has 3 rings (SSSR count). The van der Waals surface area contributed by atoms with Crippen LogP contribution in [0.1, 0.15) is 50.5 Å². The average Bonchev–Trinajstić information content (AvgIpc) is 2.69. The van der Waals surface area contributed by atoms with Gasteiger partial charge >= 0.3 is 0 Å². The van der Waals surface area contributed by atoms with Gasteiger partial charge in [0.2, 0.25) is 0 Å². The zero-order valence-electron chi connectivity index (χ0n) is 12.0. The molecule has 1 nitrogen and oxygen atoms in total. The van der Waals surface area contributed by atoms with E-state index >= 15 is 0 Å². The Morgan fingerprint density at radius 2 is 1.90 bits per heavy atom. The number of aryl methyl sites for hydroxylation is 1. The fourth-order valence-corrected chi connectivity index (χ4v) is 4.30. The van der Waals surface area contributed by atoms with Crippen LogP contribution in [0.15, 0.2) is 18.2 Å². The third-order valence-corrected chi connectivity index (χ3v) is 5.74. The maximum atomic E-state index is 13.2. The number of alkyl halides is 1. The number of benzene rings is 1. The van der Waals surface area contributed by atoms with E-state index in [2.05, 4.69) is 0 Å². The molecule has 0 bridgehead atoms. The van der Waals surface area contributed by atoms with Crippen molar-refractivity contribution in [3.63, 3.8) is 0 Å². The van der Waals surface area contributed by atoms with Crippen molar-refractivity contribution in [2.24, 2.45) is 5.41 Å². The van der Waals surface area contributed by atoms with E-state index < -0.39 is 0 Å². The van der Waals surface area contributed by atoms with Crippen LogP contribution in [0.3, 0.4) is 0 Å². The van der Waals surface area contributed by atoms with Gasteiger partial charge in [-0.1, -0.05) is 25.7 Å². The molecule has 2 aliphatic rings. The lowest BCUT2D eigenvalue weighted by atomic mass is 9.61. The van der Waals surface area contributed by atoms with Crippen molar-refractivity contribution in [1.82, 2.24) is 0 Å². The first-order chi connectivity index (χ1) is 9.62. The fourth-order valence-electron chi connectivity index (χ4n) is 3.78. The van der Waals surface area contributed by atoms with Crippen LogP contribution in [-0.4, -0.2) is 11.5 Å². The molecule has 0 aromatic heterocycles. The Balaban J connectivity index is 1.76. The second kappa shape index (κ2) is 5.55. The van der Waals surface area contributed by atoms with Gasteiger partial charge in [-0.25, -0.2) is 4.39 Å². The van der Waals surface area contributed by atoms with E-state index in [-0.39, 0.29) is 22.7 Å². The Morgan fingerprint density at radius 3 is 2.50 bits per heavy atom. The second-order valence-corrected chi connectivity index (χ2v) is 6.89. The third kappa shape index (κ3) is 2.43. The van der Waals surface area contributed by atoms with E-state index in [0.717, 1.165) is 17.7 Å². The van der Waals surface area contributed by atoms with Crippen LogP contribution >= 0.6 is 11.6 Å². The minimum absolute atomic E-state index is 0.152. The van der Waals surface area contributed by atoms with Crippen LogP contribution in [0.4, 0.5) is 4.39 Å². The summed E-state index contributed by atoms with van der Waals surface area (Å²) in [4.78, 5) is 0. The standard InChI is InChI=1S/C17H22ClFO/c1-12-10-13(19)6-7-14(12)20-16-11-15(18)17(16)8-4-2-3-5-9-17/h6-7,10,15-16H,2-5,8-9,11H2,1H3. The Kier molecular flexibility index (Phi) is 3.94. The Labute approximate surface area is 125 Å². The predicted octanol–water partition coefficient (Wildman–Crippen LogP) is 5.23. The van der Waals surface area contributed by atoms with Gasteiger partial charge in [-0.3, -0.25) is 0 Å². The summed E-state index contributed by atoms with van der Waals surface area (Å²) >= 11 is 6.54. The van der Waals surface area contributed by atoms with Gasteiger partial charge < -0.3 is 4.74 Å². The molecule has 2 saturated carbocycles. The quantitative estimate of drug-likeness (QED) is 0.679. The van der Waals surface area contributed by atoms with Crippen molar-refractivity contribution in [1.29, 1.82) is 0 Å². The molecule has 0 amide bonds. The van der Waals surface area contributed by atoms with Gasteiger partial charge in [-0.2, -0.15) is 0 Å². The van der Waals surface area contributed by atoms with Crippen molar-refractivity contribution < 1.29 is 9.13 Å². The van der Waals surface area contributed by atoms with E-state index in [1.165, 1.54) is 50.7 Å². The summed E-state index contributed by atoms with van der Waals surface area (Å²) in [5, 5.41) is 0.242. The first-order valence-electron chi connectivity index (χ1n) is 7.69. The van der Waals surface area contributed by atoms with Crippen molar-refractivity contribution in [2.45, 2.75) is 63.4 Å². The molecule has 0 N–H and O–H groups in total. The first-order valence-corrected chi connectivity index (χ1v) is 8.12. The van der Waals surface area contributed by atoms with Gasteiger partial charge in [0, 0.05) is 17.2 Å². The summed E-state index contributed by atoms with van der Waals surface area (Å²) in [5.74, 6) is 0.603. The maximum absolute atomic E-state index is 13.2. The largest absolute Gasteiger partial charge is 0.489 e. The molecule has 2 unspecified atom stereocenters. The summed E-state index contributed by atoms with van der Waals surface area (Å²) in [6.45, 7) is 1.90. The van der Waals surface area contributed by atoms with Crippen molar-refractivity contribution in [3.8, 4) is 5.75 Å². The zero-order valence-corrected chi connectivity index (χ0v) is 12.8. The smallest absolute Gasteiger partial charge is 0.123 e. The molecule has 110 valence electrons. The second-order valence-electron chi connectivity index (χ2n) is 6.37. The van der Waals surface area contributed by atoms with Gasteiger partial charge in [-0.15, -0.1) is 11.6 Å². The summed E-state index contributed by atoms with van der Waals surface area (Å²) in [7, 11) is 0. The highest BCUT2D eigenvalue weighted by atomic mass is 35.5. The van der Waals surface area contributed by atoms with Crippen LogP contribution in [0.5, 0.6) is 5.75 Å². The SMILES string of the molecule is Cc1cc(F)ccc1OC1CC(Cl)C12CCCCCC2. The van der Waals surface area contributed by atoms with E-state index in [4.69, 9.17) is 16.3 Å². The summed E-state index contributed by atoms with van der Waals surface area (Å²) in [5.41, 5.74) is 1.02. The van der Waals surface area contributed by atoms with E-state index in [1.54, 1.807) is 6.07 Å². The van der Waals surface area contributed by atoms with E-state index in [1.807, 2.05) is 6.92 Å². The summed E-state index contributed by atoms with van der Waals surface area (Å²) in [6.07, 6.45) is 8.60. The lowest BCUT2D eigenvalue weighted by Crippen LogP contribution is -2.57. The molecule has 2 aliphatic carbocycles. The Bertz CT molecular complexity index is 480. The van der Waals surface area contributed by atoms with Crippen LogP contribution < -0.4 is 4.74 Å². The number of hydrogen-bond acceptors (Lipinski definition) is 1. The molecule has 20 heavy (non-hydrogen) atoms. The maximum Gasteiger partial charge on any atom is 0.123 e. The molecule has 1 aromatic carbocycles. The molecule has 0 heterocycles. The monoisotopic (exact) mass is 296 g/mol. The topological polar surface area (TPSA) is 9.23 Å². The minimum atomic E-state index is -0.206. The molecule has 2 atom stereocenters. The summed E-state index contributed by atoms with van der Waals surface area (Å²) in [6, 6.07) is 4.75. The average molecular weight is 297 g/mol. The Hall–Kier alpha value is -0.760. The highest BCUT2D eigenvalue weighted by molar-refractivity contribution is 6.21. The van der Waals surface area contributed by atoms with Gasteiger partial charge in [0.05, 0.1) is 0 Å². The molecule has 0 saturated heterocycles. The van der Waals surface area contributed by atoms with Crippen LogP contribution in [0.25, 0.3) is 0 Å². The van der Waals surface area contributed by atoms with Gasteiger partial charge in [0.25, 0.3) is 0 Å². The van der Waals surface area contributed by atoms with E-state index in [9.17, 15) is 4.39 Å². The predicted molar refractivity (Wildman–Crippen MR) is 79.9 cm³/mol. The van der Waals surface area contributed by atoms with Crippen molar-refractivity contribution in [3.05, 3.63) is 29.6 Å². The number of hydrogen-bond donors (Lipinski definition) is 0. The molecular formula is C17H22ClFO. The van der Waals surface area contributed by atoms with Crippen molar-refractivity contribution in [2.75, 3.05) is 0 Å². The van der Waals surface area contributed by atoms with Crippen LogP contribution in [-0.2, 0) is 0 Å². The molecule has 1 spiro atoms. The number of rotatable bonds is 2. The van der Waals surface area contributed by atoms with Crippen LogP contribution in [0.2, 0.25) is 0 Å². The zero-order chi connectivity index (χ0) is 14.2. The van der Waals surface area contributed by atoms with E-state index in [0.29, 0.717) is 0 Å². The van der Waals surface area contributed by atoms with Gasteiger partial charge in [0.15, 0.2) is 0 Å². The minimum Gasteiger partial charge on any atom is -0.489 e. The van der Waals surface area contributed by atoms with Crippen molar-refractivity contribution >= 4 is 11.6 Å².